The molecule has 2 aromatic rings. The number of benzene rings is 1. The highest BCUT2D eigenvalue weighted by Gasteiger charge is 2.12. The molecule has 0 radical (unpaired) electrons. The van der Waals surface area contributed by atoms with Crippen LogP contribution in [0.2, 0.25) is 0 Å². The zero-order chi connectivity index (χ0) is 21.1. The molecule has 0 aliphatic heterocycles. The Bertz CT molecular complexity index is 879. The maximum atomic E-state index is 12.2. The third kappa shape index (κ3) is 7.37. The summed E-state index contributed by atoms with van der Waals surface area (Å²) < 4.78 is 10.8. The summed E-state index contributed by atoms with van der Waals surface area (Å²) >= 11 is 0. The number of hydrogen-bond acceptors (Lipinski definition) is 6. The molecule has 29 heavy (non-hydrogen) atoms. The van der Waals surface area contributed by atoms with Crippen molar-refractivity contribution in [1.29, 1.82) is 0 Å². The van der Waals surface area contributed by atoms with Crippen molar-refractivity contribution in [2.75, 3.05) is 6.61 Å². The largest absolute Gasteiger partial charge is 0.494 e. The Balaban J connectivity index is 1.88. The molecular formula is C22H25NO6. The summed E-state index contributed by atoms with van der Waals surface area (Å²) in [5.74, 6) is -0.341. The van der Waals surface area contributed by atoms with Crippen LogP contribution in [-0.4, -0.2) is 17.5 Å². The molecule has 2 aromatic carbocycles. The van der Waals surface area contributed by atoms with E-state index < -0.39 is 16.3 Å². The van der Waals surface area contributed by atoms with E-state index in [1.54, 1.807) is 24.3 Å². The minimum Gasteiger partial charge on any atom is -0.494 e. The first kappa shape index (κ1) is 22.1. The first-order valence-electron chi connectivity index (χ1n) is 9.75. The van der Waals surface area contributed by atoms with E-state index >= 15 is 0 Å². The third-order valence-corrected chi connectivity index (χ3v) is 4.32. The molecule has 0 aliphatic carbocycles. The van der Waals surface area contributed by atoms with E-state index in [-0.39, 0.29) is 17.0 Å². The van der Waals surface area contributed by atoms with Gasteiger partial charge in [-0.2, -0.15) is 0 Å². The normalized spacial score (nSPS) is 10.4. The number of carbonyl (C=O) groups excluding carboxylic acids is 1. The molecule has 0 aromatic heterocycles. The van der Waals surface area contributed by atoms with Crippen LogP contribution in [-0.2, 0) is 0 Å². The van der Waals surface area contributed by atoms with Crippen LogP contribution in [0, 0.1) is 10.1 Å². The Morgan fingerprint density at radius 3 is 2.28 bits per heavy atom. The molecular weight excluding hydrogens is 374 g/mol. The molecule has 0 spiro atoms. The predicted molar refractivity (Wildman–Crippen MR) is 110 cm³/mol. The first-order chi connectivity index (χ1) is 14.0. The van der Waals surface area contributed by atoms with Crippen LogP contribution >= 0.6 is 0 Å². The van der Waals surface area contributed by atoms with E-state index in [0.29, 0.717) is 12.4 Å². The SMILES string of the molecule is CCCCCCCCOc1ccc(C(=O)Oc2ccc([N+](=O)[O-])ccc2=O)cc1. The molecule has 0 N–H and O–H groups in total. The van der Waals surface area contributed by atoms with Crippen molar-refractivity contribution < 1.29 is 19.2 Å². The summed E-state index contributed by atoms with van der Waals surface area (Å²) in [7, 11) is 0. The molecule has 0 heterocycles. The van der Waals surface area contributed by atoms with Gasteiger partial charge in [0.05, 0.1) is 17.1 Å². The van der Waals surface area contributed by atoms with Gasteiger partial charge >= 0.3 is 5.97 Å². The number of carbonyl (C=O) groups is 1. The fourth-order valence-corrected chi connectivity index (χ4v) is 2.67. The summed E-state index contributed by atoms with van der Waals surface area (Å²) in [5.41, 5.74) is -0.640. The zero-order valence-corrected chi connectivity index (χ0v) is 16.5. The van der Waals surface area contributed by atoms with E-state index in [4.69, 9.17) is 9.47 Å². The van der Waals surface area contributed by atoms with Gasteiger partial charge in [-0.05, 0) is 42.8 Å². The van der Waals surface area contributed by atoms with E-state index in [2.05, 4.69) is 6.92 Å². The Morgan fingerprint density at radius 2 is 1.59 bits per heavy atom. The number of rotatable bonds is 11. The lowest BCUT2D eigenvalue weighted by Gasteiger charge is -2.07. The summed E-state index contributed by atoms with van der Waals surface area (Å²) in [6.45, 7) is 2.81. The highest BCUT2D eigenvalue weighted by molar-refractivity contribution is 5.91. The van der Waals surface area contributed by atoms with Gasteiger partial charge in [-0.15, -0.1) is 0 Å². The topological polar surface area (TPSA) is 95.7 Å². The molecule has 0 atom stereocenters. The molecule has 0 saturated carbocycles. The first-order valence-corrected chi connectivity index (χ1v) is 9.75. The average Bonchev–Trinajstić information content (AvgIpc) is 2.89. The maximum Gasteiger partial charge on any atom is 0.343 e. The van der Waals surface area contributed by atoms with Crippen LogP contribution in [0.3, 0.4) is 0 Å². The Labute approximate surface area is 169 Å². The second kappa shape index (κ2) is 11.6. The van der Waals surface area contributed by atoms with Gasteiger partial charge < -0.3 is 9.47 Å². The van der Waals surface area contributed by atoms with E-state index in [0.717, 1.165) is 37.1 Å². The number of nitro groups is 1. The summed E-state index contributed by atoms with van der Waals surface area (Å²) in [5, 5.41) is 10.8. The highest BCUT2D eigenvalue weighted by atomic mass is 16.6. The number of ether oxygens (including phenoxy) is 2. The fraction of sp³-hybridized carbons (Fsp3) is 0.364. The Hall–Kier alpha value is -3.22. The molecule has 0 amide bonds. The van der Waals surface area contributed by atoms with Gasteiger partial charge in [0.15, 0.2) is 5.75 Å². The van der Waals surface area contributed by atoms with E-state index in [1.807, 2.05) is 0 Å². The Morgan fingerprint density at radius 1 is 0.931 bits per heavy atom. The number of unbranched alkanes of at least 4 members (excludes halogenated alkanes) is 5. The molecule has 0 saturated heterocycles. The van der Waals surface area contributed by atoms with Gasteiger partial charge in [0, 0.05) is 12.1 Å². The van der Waals surface area contributed by atoms with Crippen LogP contribution in [0.25, 0.3) is 0 Å². The van der Waals surface area contributed by atoms with Crippen molar-refractivity contribution in [1.82, 2.24) is 0 Å². The monoisotopic (exact) mass is 399 g/mol. The predicted octanol–water partition coefficient (Wildman–Crippen LogP) is 4.91. The van der Waals surface area contributed by atoms with Crippen LogP contribution < -0.4 is 14.9 Å². The lowest BCUT2D eigenvalue weighted by atomic mass is 10.1. The van der Waals surface area contributed by atoms with Crippen molar-refractivity contribution in [3.63, 3.8) is 0 Å². The quantitative estimate of drug-likeness (QED) is 0.230. The van der Waals surface area contributed by atoms with Gasteiger partial charge in [0.2, 0.25) is 5.43 Å². The van der Waals surface area contributed by atoms with E-state index in [9.17, 15) is 19.7 Å². The highest BCUT2D eigenvalue weighted by Crippen LogP contribution is 2.16. The fourth-order valence-electron chi connectivity index (χ4n) is 2.67. The van der Waals surface area contributed by atoms with Gasteiger partial charge in [-0.3, -0.25) is 14.9 Å². The standard InChI is InChI=1S/C22H25NO6/c1-2-3-4-5-6-7-16-28-19-12-8-17(9-13-19)22(25)29-21-15-11-18(23(26)27)10-14-20(21)24/h8-15H,2-7,16H2,1H3. The van der Waals surface area contributed by atoms with E-state index in [1.165, 1.54) is 25.7 Å². The molecule has 0 bridgehead atoms. The molecule has 0 aliphatic rings. The lowest BCUT2D eigenvalue weighted by molar-refractivity contribution is -0.384. The number of esters is 1. The van der Waals surface area contributed by atoms with Crippen LogP contribution in [0.15, 0.2) is 53.3 Å². The molecule has 7 heteroatoms. The smallest absolute Gasteiger partial charge is 0.343 e. The number of nitrogens with zero attached hydrogens (tertiary/aromatic N) is 1. The molecule has 154 valence electrons. The Kier molecular flexibility index (Phi) is 8.82. The van der Waals surface area contributed by atoms with Crippen molar-refractivity contribution in [3.05, 3.63) is 74.4 Å². The summed E-state index contributed by atoms with van der Waals surface area (Å²) in [6, 6.07) is 10.7. The van der Waals surface area contributed by atoms with Gasteiger partial charge in [0.1, 0.15) is 5.75 Å². The molecule has 7 nitrogen and oxygen atoms in total. The second-order valence-electron chi connectivity index (χ2n) is 6.61. The third-order valence-electron chi connectivity index (χ3n) is 4.32. The lowest BCUT2D eigenvalue weighted by Crippen LogP contribution is -2.13. The zero-order valence-electron chi connectivity index (χ0n) is 16.5. The van der Waals surface area contributed by atoms with Crippen LogP contribution in [0.4, 0.5) is 5.69 Å². The summed E-state index contributed by atoms with van der Waals surface area (Å²) in [4.78, 5) is 34.3. The molecule has 0 unspecified atom stereocenters. The minimum atomic E-state index is -0.724. The second-order valence-corrected chi connectivity index (χ2v) is 6.61. The average molecular weight is 399 g/mol. The van der Waals surface area contributed by atoms with Crippen molar-refractivity contribution >= 4 is 11.7 Å². The minimum absolute atomic E-state index is 0.248. The van der Waals surface area contributed by atoms with Gasteiger partial charge in [-0.1, -0.05) is 39.0 Å². The number of hydrogen-bond donors (Lipinski definition) is 0. The molecule has 0 fully saturated rings. The van der Waals surface area contributed by atoms with Crippen LogP contribution in [0.5, 0.6) is 11.5 Å². The maximum absolute atomic E-state index is 12.2. The van der Waals surface area contributed by atoms with Crippen molar-refractivity contribution in [2.45, 2.75) is 45.4 Å². The summed E-state index contributed by atoms with van der Waals surface area (Å²) in [6.07, 6.45) is 7.08. The van der Waals surface area contributed by atoms with Gasteiger partial charge in [0.25, 0.3) is 5.69 Å². The van der Waals surface area contributed by atoms with Crippen molar-refractivity contribution in [3.8, 4) is 11.5 Å². The van der Waals surface area contributed by atoms with Crippen molar-refractivity contribution in [2.24, 2.45) is 0 Å². The van der Waals surface area contributed by atoms with Crippen LogP contribution in [0.1, 0.15) is 55.8 Å². The molecule has 2 rings (SSSR count). The van der Waals surface area contributed by atoms with Gasteiger partial charge in [-0.25, -0.2) is 4.79 Å².